The third kappa shape index (κ3) is 5.13. The summed E-state index contributed by atoms with van der Waals surface area (Å²) in [5.41, 5.74) is 7.92. The fourth-order valence-electron chi connectivity index (χ4n) is 3.28. The molecule has 0 aromatic heterocycles. The van der Waals surface area contributed by atoms with Crippen LogP contribution in [0.3, 0.4) is 0 Å². The van der Waals surface area contributed by atoms with Gasteiger partial charge in [-0.05, 0) is 36.1 Å². The second-order valence-electron chi connectivity index (χ2n) is 6.76. The average molecular weight is 356 g/mol. The van der Waals surface area contributed by atoms with Gasteiger partial charge in [-0.15, -0.1) is 0 Å². The molecule has 0 bridgehead atoms. The lowest BCUT2D eigenvalue weighted by Gasteiger charge is -2.27. The lowest BCUT2D eigenvalue weighted by molar-refractivity contribution is -0.133. The van der Waals surface area contributed by atoms with E-state index in [4.69, 9.17) is 10.5 Å². The van der Waals surface area contributed by atoms with Crippen molar-refractivity contribution in [2.24, 2.45) is 5.73 Å². The Balaban J connectivity index is 1.69. The summed E-state index contributed by atoms with van der Waals surface area (Å²) in [6.45, 7) is 1.60. The molecule has 1 fully saturated rings. The zero-order valence-corrected chi connectivity index (χ0v) is 14.8. The molecule has 2 aromatic rings. The van der Waals surface area contributed by atoms with Crippen LogP contribution in [0.1, 0.15) is 36.4 Å². The number of nitrogens with two attached hydrogens (primary N) is 1. The maximum absolute atomic E-state index is 13.5. The maximum atomic E-state index is 13.5. The number of hydrogen-bond donors (Lipinski definition) is 1. The zero-order valence-electron chi connectivity index (χ0n) is 14.8. The van der Waals surface area contributed by atoms with Crippen LogP contribution < -0.4 is 5.73 Å². The van der Waals surface area contributed by atoms with Crippen molar-refractivity contribution in [2.45, 2.75) is 38.0 Å². The molecule has 0 aliphatic carbocycles. The Labute approximate surface area is 153 Å². The molecule has 0 radical (unpaired) electrons. The third-order valence-corrected chi connectivity index (χ3v) is 4.69. The molecule has 2 atom stereocenters. The van der Waals surface area contributed by atoms with Gasteiger partial charge >= 0.3 is 0 Å². The van der Waals surface area contributed by atoms with E-state index >= 15 is 0 Å². The molecular formula is C21H25FN2O2. The number of benzene rings is 2. The van der Waals surface area contributed by atoms with Crippen molar-refractivity contribution < 1.29 is 13.9 Å². The summed E-state index contributed by atoms with van der Waals surface area (Å²) < 4.78 is 19.2. The highest BCUT2D eigenvalue weighted by atomic mass is 19.1. The lowest BCUT2D eigenvalue weighted by Crippen LogP contribution is -2.38. The quantitative estimate of drug-likeness (QED) is 0.827. The van der Waals surface area contributed by atoms with Crippen LogP contribution in [-0.2, 0) is 16.1 Å². The molecule has 1 aliphatic rings. The van der Waals surface area contributed by atoms with Crippen molar-refractivity contribution in [3.63, 3.8) is 0 Å². The van der Waals surface area contributed by atoms with Gasteiger partial charge in [0, 0.05) is 32.2 Å². The molecule has 4 nitrogen and oxygen atoms in total. The average Bonchev–Trinajstić information content (AvgIpc) is 3.15. The van der Waals surface area contributed by atoms with E-state index in [0.717, 1.165) is 30.6 Å². The summed E-state index contributed by atoms with van der Waals surface area (Å²) in [5.74, 6) is -0.339. The zero-order chi connectivity index (χ0) is 18.4. The van der Waals surface area contributed by atoms with Crippen molar-refractivity contribution in [2.75, 3.05) is 13.2 Å². The molecule has 2 N–H and O–H groups in total. The summed E-state index contributed by atoms with van der Waals surface area (Å²) in [6.07, 6.45) is 2.21. The van der Waals surface area contributed by atoms with Crippen molar-refractivity contribution >= 4 is 5.91 Å². The third-order valence-electron chi connectivity index (χ3n) is 4.69. The Bertz CT molecular complexity index is 717. The Kier molecular flexibility index (Phi) is 6.36. The maximum Gasteiger partial charge on any atom is 0.224 e. The van der Waals surface area contributed by atoms with E-state index in [2.05, 4.69) is 0 Å². The normalized spacial score (nSPS) is 17.8. The summed E-state index contributed by atoms with van der Waals surface area (Å²) in [5, 5.41) is 0. The molecule has 2 aromatic carbocycles. The number of ether oxygens (including phenoxy) is 1. The van der Waals surface area contributed by atoms with Crippen LogP contribution in [-0.4, -0.2) is 30.1 Å². The fraction of sp³-hybridized carbons (Fsp3) is 0.381. The molecule has 2 unspecified atom stereocenters. The molecule has 1 amide bonds. The first kappa shape index (κ1) is 18.5. The number of nitrogens with zero attached hydrogens (tertiary/aromatic N) is 1. The van der Waals surface area contributed by atoms with E-state index in [1.54, 1.807) is 11.0 Å². The van der Waals surface area contributed by atoms with Gasteiger partial charge in [0.25, 0.3) is 0 Å². The highest BCUT2D eigenvalue weighted by Gasteiger charge is 2.24. The van der Waals surface area contributed by atoms with E-state index in [-0.39, 0.29) is 30.3 Å². The van der Waals surface area contributed by atoms with Gasteiger partial charge in [-0.3, -0.25) is 4.79 Å². The summed E-state index contributed by atoms with van der Waals surface area (Å²) >= 11 is 0. The van der Waals surface area contributed by atoms with Crippen molar-refractivity contribution in [3.8, 4) is 0 Å². The SMILES string of the molecule is NC(CC(=O)N(Cc1cccc(F)c1)CC1CCCO1)c1ccccc1. The molecule has 3 rings (SSSR count). The van der Waals surface area contributed by atoms with E-state index in [0.29, 0.717) is 13.1 Å². The Morgan fingerprint density at radius 1 is 1.23 bits per heavy atom. The van der Waals surface area contributed by atoms with Crippen molar-refractivity contribution in [1.82, 2.24) is 4.90 Å². The fourth-order valence-corrected chi connectivity index (χ4v) is 3.28. The van der Waals surface area contributed by atoms with Crippen molar-refractivity contribution in [1.29, 1.82) is 0 Å². The number of carbonyl (C=O) groups excluding carboxylic acids is 1. The highest BCUT2D eigenvalue weighted by molar-refractivity contribution is 5.77. The Morgan fingerprint density at radius 2 is 2.04 bits per heavy atom. The molecule has 0 spiro atoms. The summed E-state index contributed by atoms with van der Waals surface area (Å²) in [7, 11) is 0. The minimum atomic E-state index is -0.358. The van der Waals surface area contributed by atoms with Crippen molar-refractivity contribution in [3.05, 3.63) is 71.5 Å². The standard InChI is InChI=1S/C21H25FN2O2/c22-18-9-4-6-16(12-18)14-24(15-19-10-5-11-26-19)21(25)13-20(23)17-7-2-1-3-8-17/h1-4,6-9,12,19-20H,5,10-11,13-15,23H2. The predicted octanol–water partition coefficient (Wildman–Crippen LogP) is 3.42. The first-order valence-corrected chi connectivity index (χ1v) is 9.06. The van der Waals surface area contributed by atoms with Crippen LogP contribution in [0, 0.1) is 5.82 Å². The lowest BCUT2D eigenvalue weighted by atomic mass is 10.0. The molecule has 0 saturated carbocycles. The molecule has 26 heavy (non-hydrogen) atoms. The van der Waals surface area contributed by atoms with Crippen LogP contribution in [0.2, 0.25) is 0 Å². The van der Waals surface area contributed by atoms with Crippen LogP contribution in [0.5, 0.6) is 0 Å². The molecule has 1 heterocycles. The van der Waals surface area contributed by atoms with Crippen LogP contribution in [0.15, 0.2) is 54.6 Å². The second-order valence-corrected chi connectivity index (χ2v) is 6.76. The number of amides is 1. The molecular weight excluding hydrogens is 331 g/mol. The number of hydrogen-bond acceptors (Lipinski definition) is 3. The summed E-state index contributed by atoms with van der Waals surface area (Å²) in [4.78, 5) is 14.6. The van der Waals surface area contributed by atoms with E-state index in [9.17, 15) is 9.18 Å². The predicted molar refractivity (Wildman–Crippen MR) is 98.8 cm³/mol. The Hall–Kier alpha value is -2.24. The smallest absolute Gasteiger partial charge is 0.224 e. The van der Waals surface area contributed by atoms with Gasteiger partial charge in [0.2, 0.25) is 5.91 Å². The number of rotatable bonds is 7. The molecule has 1 aliphatic heterocycles. The number of carbonyl (C=O) groups is 1. The van der Waals surface area contributed by atoms with E-state index in [1.807, 2.05) is 36.4 Å². The minimum absolute atomic E-state index is 0.0406. The summed E-state index contributed by atoms with van der Waals surface area (Å²) in [6, 6.07) is 15.6. The van der Waals surface area contributed by atoms with Gasteiger partial charge < -0.3 is 15.4 Å². The molecule has 138 valence electrons. The molecule has 5 heteroatoms. The Morgan fingerprint density at radius 3 is 2.73 bits per heavy atom. The van der Waals surface area contributed by atoms with Gasteiger partial charge in [0.05, 0.1) is 6.10 Å². The van der Waals surface area contributed by atoms with Gasteiger partial charge in [-0.25, -0.2) is 4.39 Å². The second kappa shape index (κ2) is 8.92. The van der Waals surface area contributed by atoms with Gasteiger partial charge in [-0.2, -0.15) is 0 Å². The monoisotopic (exact) mass is 356 g/mol. The van der Waals surface area contributed by atoms with Crippen LogP contribution in [0.4, 0.5) is 4.39 Å². The topological polar surface area (TPSA) is 55.6 Å². The van der Waals surface area contributed by atoms with Gasteiger partial charge in [0.1, 0.15) is 5.82 Å². The molecule has 1 saturated heterocycles. The van der Waals surface area contributed by atoms with Gasteiger partial charge in [0.15, 0.2) is 0 Å². The number of halogens is 1. The van der Waals surface area contributed by atoms with E-state index < -0.39 is 0 Å². The largest absolute Gasteiger partial charge is 0.376 e. The van der Waals surface area contributed by atoms with Gasteiger partial charge in [-0.1, -0.05) is 42.5 Å². The van der Waals surface area contributed by atoms with E-state index in [1.165, 1.54) is 12.1 Å². The van der Waals surface area contributed by atoms with Crippen LogP contribution in [0.25, 0.3) is 0 Å². The van der Waals surface area contributed by atoms with Crippen LogP contribution >= 0.6 is 0 Å². The minimum Gasteiger partial charge on any atom is -0.376 e. The highest BCUT2D eigenvalue weighted by Crippen LogP contribution is 2.19. The first-order chi connectivity index (χ1) is 12.6. The first-order valence-electron chi connectivity index (χ1n) is 9.06.